The van der Waals surface area contributed by atoms with Crippen molar-refractivity contribution in [1.82, 2.24) is 0 Å². The molecule has 0 aliphatic heterocycles. The molecule has 0 aliphatic rings. The Kier molecular flexibility index (Phi) is 9.33. The second-order valence-corrected chi connectivity index (χ2v) is 2.99. The summed E-state index contributed by atoms with van der Waals surface area (Å²) in [6, 6.07) is 11.9. The van der Waals surface area contributed by atoms with Crippen LogP contribution in [0.3, 0.4) is 0 Å². The molecule has 0 bridgehead atoms. The van der Waals surface area contributed by atoms with Gasteiger partial charge in [-0.25, -0.2) is 4.79 Å². The quantitative estimate of drug-likeness (QED) is 0.353. The monoisotopic (exact) mass is 241 g/mol. The number of rotatable bonds is 3. The lowest BCUT2D eigenvalue weighted by molar-refractivity contribution is -0.134. The van der Waals surface area contributed by atoms with Crippen LogP contribution in [0.2, 0.25) is 0 Å². The standard InChI is InChI=1S/C11H9N.C4H6O2/c12-10-6-2-5-9-11-7-3-1-4-8-11;1-3-4(5)6-2/h1-9H;3H,1H2,2H3. The van der Waals surface area contributed by atoms with E-state index in [9.17, 15) is 4.79 Å². The van der Waals surface area contributed by atoms with Gasteiger partial charge >= 0.3 is 5.97 Å². The minimum Gasteiger partial charge on any atom is -0.466 e. The van der Waals surface area contributed by atoms with Crippen molar-refractivity contribution in [3.63, 3.8) is 0 Å². The molecular formula is C15H15NO2. The van der Waals surface area contributed by atoms with Crippen molar-refractivity contribution in [2.24, 2.45) is 0 Å². The normalized spacial score (nSPS) is 9.33. The number of carbonyl (C=O) groups excluding carboxylic acids is 1. The van der Waals surface area contributed by atoms with Crippen LogP contribution in [-0.4, -0.2) is 13.1 Å². The van der Waals surface area contributed by atoms with Gasteiger partial charge in [0.15, 0.2) is 0 Å². The Morgan fingerprint density at radius 2 is 2.00 bits per heavy atom. The lowest BCUT2D eigenvalue weighted by Gasteiger charge is -1.87. The lowest BCUT2D eigenvalue weighted by Crippen LogP contribution is -1.91. The maximum atomic E-state index is 9.84. The molecule has 0 aliphatic carbocycles. The molecule has 3 nitrogen and oxygen atoms in total. The number of hydrogen-bond donors (Lipinski definition) is 0. The van der Waals surface area contributed by atoms with Gasteiger partial charge in [-0.05, 0) is 5.56 Å². The Bertz CT molecular complexity index is 453. The molecule has 0 N–H and O–H groups in total. The number of carbonyl (C=O) groups is 1. The number of benzene rings is 1. The van der Waals surface area contributed by atoms with Crippen molar-refractivity contribution in [3.8, 4) is 6.07 Å². The highest BCUT2D eigenvalue weighted by Crippen LogP contribution is 2.00. The molecule has 18 heavy (non-hydrogen) atoms. The van der Waals surface area contributed by atoms with Crippen LogP contribution in [-0.2, 0) is 9.53 Å². The fourth-order valence-electron chi connectivity index (χ4n) is 0.913. The van der Waals surface area contributed by atoms with Crippen molar-refractivity contribution in [3.05, 3.63) is 66.8 Å². The molecule has 0 saturated carbocycles. The van der Waals surface area contributed by atoms with Crippen molar-refractivity contribution in [1.29, 1.82) is 5.26 Å². The SMILES string of the molecule is C=CC(=O)OC.N#CC=CC=Cc1ccccc1. The maximum absolute atomic E-state index is 9.84. The third kappa shape index (κ3) is 8.69. The van der Waals surface area contributed by atoms with Gasteiger partial charge in [0.2, 0.25) is 0 Å². The van der Waals surface area contributed by atoms with Gasteiger partial charge in [-0.15, -0.1) is 0 Å². The van der Waals surface area contributed by atoms with E-state index in [1.165, 1.54) is 13.2 Å². The summed E-state index contributed by atoms with van der Waals surface area (Å²) in [5.41, 5.74) is 1.14. The van der Waals surface area contributed by atoms with Crippen LogP contribution < -0.4 is 0 Å². The third-order valence-electron chi connectivity index (χ3n) is 1.74. The van der Waals surface area contributed by atoms with E-state index in [-0.39, 0.29) is 0 Å². The fourth-order valence-corrected chi connectivity index (χ4v) is 0.913. The first kappa shape index (κ1) is 15.4. The van der Waals surface area contributed by atoms with Crippen molar-refractivity contribution in [2.75, 3.05) is 7.11 Å². The topological polar surface area (TPSA) is 50.1 Å². The molecule has 0 heterocycles. The van der Waals surface area contributed by atoms with Gasteiger partial charge in [0.25, 0.3) is 0 Å². The van der Waals surface area contributed by atoms with E-state index in [1.54, 1.807) is 6.08 Å². The number of esters is 1. The first-order chi connectivity index (χ1) is 8.74. The summed E-state index contributed by atoms with van der Waals surface area (Å²) in [6.45, 7) is 3.16. The number of nitriles is 1. The number of methoxy groups -OCH3 is 1. The summed E-state index contributed by atoms with van der Waals surface area (Å²) in [6.07, 6.45) is 8.07. The van der Waals surface area contributed by atoms with Gasteiger partial charge in [-0.1, -0.05) is 55.1 Å². The Morgan fingerprint density at radius 3 is 2.44 bits per heavy atom. The van der Waals surface area contributed by atoms with E-state index in [0.29, 0.717) is 0 Å². The molecule has 0 fully saturated rings. The molecule has 0 radical (unpaired) electrons. The van der Waals surface area contributed by atoms with E-state index < -0.39 is 5.97 Å². The largest absolute Gasteiger partial charge is 0.466 e. The molecular weight excluding hydrogens is 226 g/mol. The van der Waals surface area contributed by atoms with Crippen LogP contribution in [0.25, 0.3) is 6.08 Å². The minimum absolute atomic E-state index is 0.394. The zero-order valence-electron chi connectivity index (χ0n) is 10.2. The van der Waals surface area contributed by atoms with Crippen LogP contribution in [0.1, 0.15) is 5.56 Å². The fraction of sp³-hybridized carbons (Fsp3) is 0.0667. The van der Waals surface area contributed by atoms with Crippen LogP contribution >= 0.6 is 0 Å². The maximum Gasteiger partial charge on any atom is 0.329 e. The molecule has 0 amide bonds. The van der Waals surface area contributed by atoms with Crippen LogP contribution in [0.5, 0.6) is 0 Å². The number of ether oxygens (including phenoxy) is 1. The second-order valence-electron chi connectivity index (χ2n) is 2.99. The van der Waals surface area contributed by atoms with Gasteiger partial charge in [0.05, 0.1) is 13.2 Å². The molecule has 92 valence electrons. The van der Waals surface area contributed by atoms with E-state index in [4.69, 9.17) is 5.26 Å². The first-order valence-corrected chi connectivity index (χ1v) is 5.23. The van der Waals surface area contributed by atoms with Crippen LogP contribution in [0.15, 0.2) is 61.2 Å². The number of hydrogen-bond acceptors (Lipinski definition) is 3. The molecule has 0 aromatic heterocycles. The first-order valence-electron chi connectivity index (χ1n) is 5.23. The molecule has 1 aromatic rings. The number of allylic oxidation sites excluding steroid dienone is 3. The third-order valence-corrected chi connectivity index (χ3v) is 1.74. The zero-order chi connectivity index (χ0) is 13.6. The zero-order valence-corrected chi connectivity index (χ0v) is 10.2. The number of nitrogens with zero attached hydrogens (tertiary/aromatic N) is 1. The highest BCUT2D eigenvalue weighted by atomic mass is 16.5. The molecule has 0 spiro atoms. The van der Waals surface area contributed by atoms with Crippen molar-refractivity contribution >= 4 is 12.0 Å². The second kappa shape index (κ2) is 10.9. The summed E-state index contributed by atoms with van der Waals surface area (Å²) >= 11 is 0. The summed E-state index contributed by atoms with van der Waals surface area (Å²) in [5, 5.41) is 8.19. The van der Waals surface area contributed by atoms with E-state index in [0.717, 1.165) is 11.6 Å². The summed E-state index contributed by atoms with van der Waals surface area (Å²) in [4.78, 5) is 9.84. The van der Waals surface area contributed by atoms with E-state index in [2.05, 4.69) is 11.3 Å². The van der Waals surface area contributed by atoms with Gasteiger partial charge in [-0.3, -0.25) is 0 Å². The molecule has 0 saturated heterocycles. The van der Waals surface area contributed by atoms with Crippen molar-refractivity contribution in [2.45, 2.75) is 0 Å². The molecule has 3 heteroatoms. The highest BCUT2D eigenvalue weighted by molar-refractivity contribution is 5.80. The predicted molar refractivity (Wildman–Crippen MR) is 72.4 cm³/mol. The van der Waals surface area contributed by atoms with Crippen LogP contribution in [0.4, 0.5) is 0 Å². The van der Waals surface area contributed by atoms with Crippen LogP contribution in [0, 0.1) is 11.3 Å². The van der Waals surface area contributed by atoms with E-state index in [1.807, 2.05) is 48.6 Å². The molecule has 0 atom stereocenters. The van der Waals surface area contributed by atoms with Crippen molar-refractivity contribution < 1.29 is 9.53 Å². The van der Waals surface area contributed by atoms with Gasteiger partial charge in [-0.2, -0.15) is 5.26 Å². The Balaban J connectivity index is 0.000000411. The lowest BCUT2D eigenvalue weighted by atomic mass is 10.2. The molecule has 1 aromatic carbocycles. The average molecular weight is 241 g/mol. The predicted octanol–water partition coefficient (Wildman–Crippen LogP) is 3.12. The van der Waals surface area contributed by atoms with Gasteiger partial charge < -0.3 is 4.74 Å². The Labute approximate surface area is 107 Å². The summed E-state index contributed by atoms with van der Waals surface area (Å²) in [5.74, 6) is -0.394. The van der Waals surface area contributed by atoms with Gasteiger partial charge in [0, 0.05) is 12.2 Å². The Hall–Kier alpha value is -2.60. The summed E-state index contributed by atoms with van der Waals surface area (Å²) in [7, 11) is 1.31. The Morgan fingerprint density at radius 1 is 1.33 bits per heavy atom. The average Bonchev–Trinajstić information content (AvgIpc) is 2.44. The highest BCUT2D eigenvalue weighted by Gasteiger charge is 1.82. The minimum atomic E-state index is -0.394. The molecule has 1 rings (SSSR count). The molecule has 0 unspecified atom stereocenters. The van der Waals surface area contributed by atoms with Gasteiger partial charge in [0.1, 0.15) is 0 Å². The smallest absolute Gasteiger partial charge is 0.329 e. The van der Waals surface area contributed by atoms with E-state index >= 15 is 0 Å². The summed E-state index contributed by atoms with van der Waals surface area (Å²) < 4.78 is 4.14.